The van der Waals surface area contributed by atoms with E-state index in [1.54, 1.807) is 18.7 Å². The Morgan fingerprint density at radius 3 is 2.67 bits per heavy atom. The molecule has 2 aliphatic heterocycles. The molecule has 3 aromatic rings. The molecule has 0 spiro atoms. The van der Waals surface area contributed by atoms with Crippen LogP contribution in [0, 0.1) is 12.7 Å². The number of thiophene rings is 1. The monoisotopic (exact) mass is 560 g/mol. The van der Waals surface area contributed by atoms with Crippen molar-refractivity contribution < 1.29 is 33.7 Å². The van der Waals surface area contributed by atoms with E-state index < -0.39 is 29.7 Å². The van der Waals surface area contributed by atoms with Crippen molar-refractivity contribution in [1.29, 1.82) is 0 Å². The van der Waals surface area contributed by atoms with Gasteiger partial charge >= 0.3 is 0 Å². The van der Waals surface area contributed by atoms with Crippen LogP contribution < -0.4 is 15.0 Å². The number of benzene rings is 1. The number of rotatable bonds is 9. The molecule has 0 aliphatic carbocycles. The van der Waals surface area contributed by atoms with E-state index in [0.29, 0.717) is 32.4 Å². The molecule has 14 heteroatoms. The summed E-state index contributed by atoms with van der Waals surface area (Å²) in [4.78, 5) is 30.5. The summed E-state index contributed by atoms with van der Waals surface area (Å²) >= 11 is 1.22. The van der Waals surface area contributed by atoms with Gasteiger partial charge in [0.15, 0.2) is 0 Å². The number of anilines is 1. The lowest BCUT2D eigenvalue weighted by molar-refractivity contribution is -0.120. The van der Waals surface area contributed by atoms with Crippen molar-refractivity contribution in [2.75, 3.05) is 38.3 Å². The molecule has 0 bridgehead atoms. The predicted molar refractivity (Wildman–Crippen MR) is 138 cm³/mol. The lowest BCUT2D eigenvalue weighted by Crippen LogP contribution is -2.64. The van der Waals surface area contributed by atoms with E-state index >= 15 is 0 Å². The number of amides is 2. The van der Waals surface area contributed by atoms with Crippen LogP contribution in [0.3, 0.4) is 0 Å². The number of hydrogen-bond acceptors (Lipinski definition) is 10. The highest BCUT2D eigenvalue weighted by Gasteiger charge is 2.51. The molecule has 0 saturated carbocycles. The standard InChI is InChI=1S/C25H29FN6O6S/c1-14-20-21(35)31(25(2)11-19(34)27-13-25)24(36)30(23(20)39-22(14)32-28-6-7-29-32)12-18(38-9-8-33)16-10-15(26)4-5-17(16)37-3/h4-7,10,18,24,33,36H,8-9,11-13H2,1-3H3,(H,27,34)/t18-,24?,25-/m0/s1. The van der Waals surface area contributed by atoms with Crippen LogP contribution in [0.5, 0.6) is 5.75 Å². The van der Waals surface area contributed by atoms with Gasteiger partial charge in [0.25, 0.3) is 5.91 Å². The van der Waals surface area contributed by atoms with Crippen molar-refractivity contribution in [3.05, 3.63) is 53.1 Å². The van der Waals surface area contributed by atoms with Gasteiger partial charge in [0.05, 0.1) is 56.8 Å². The largest absolute Gasteiger partial charge is 0.496 e. The molecule has 1 aromatic carbocycles. The Balaban J connectivity index is 1.64. The highest BCUT2D eigenvalue weighted by molar-refractivity contribution is 7.19. The molecule has 2 aliphatic rings. The number of carbonyl (C=O) groups excluding carboxylic acids is 2. The van der Waals surface area contributed by atoms with E-state index in [0.717, 1.165) is 0 Å². The zero-order valence-electron chi connectivity index (χ0n) is 21.6. The van der Waals surface area contributed by atoms with Gasteiger partial charge in [-0.05, 0) is 32.0 Å². The maximum absolute atomic E-state index is 14.3. The number of aliphatic hydroxyl groups excluding tert-OH is 2. The number of carbonyl (C=O) groups is 2. The smallest absolute Gasteiger partial charge is 0.261 e. The van der Waals surface area contributed by atoms with Crippen LogP contribution in [0.15, 0.2) is 30.6 Å². The molecule has 3 atom stereocenters. The van der Waals surface area contributed by atoms with Crippen LogP contribution in [0.1, 0.15) is 40.9 Å². The maximum Gasteiger partial charge on any atom is 0.261 e. The minimum Gasteiger partial charge on any atom is -0.496 e. The number of fused-ring (bicyclic) bond motifs is 1. The molecular formula is C25H29FN6O6S. The number of ether oxygens (including phenoxy) is 2. The third-order valence-corrected chi connectivity index (χ3v) is 8.30. The first-order valence-corrected chi connectivity index (χ1v) is 13.1. The Kier molecular flexibility index (Phi) is 7.29. The molecule has 4 heterocycles. The number of nitrogens with zero attached hydrogens (tertiary/aromatic N) is 5. The lowest BCUT2D eigenvalue weighted by Gasteiger charge is -2.48. The molecule has 1 fully saturated rings. The fourth-order valence-electron chi connectivity index (χ4n) is 5.12. The van der Waals surface area contributed by atoms with Gasteiger partial charge in [0.2, 0.25) is 12.3 Å². The van der Waals surface area contributed by atoms with Gasteiger partial charge in [-0.15, -0.1) is 4.80 Å². The van der Waals surface area contributed by atoms with Gasteiger partial charge in [-0.25, -0.2) is 4.39 Å². The third kappa shape index (κ3) is 4.73. The maximum atomic E-state index is 14.3. The zero-order chi connectivity index (χ0) is 27.9. The molecule has 2 amide bonds. The summed E-state index contributed by atoms with van der Waals surface area (Å²) in [6.07, 6.45) is 0.692. The van der Waals surface area contributed by atoms with Crippen molar-refractivity contribution in [3.8, 4) is 10.8 Å². The fraction of sp³-hybridized carbons (Fsp3) is 0.440. The van der Waals surface area contributed by atoms with E-state index in [4.69, 9.17) is 9.47 Å². The second-order valence-corrected chi connectivity index (χ2v) is 10.6. The molecule has 0 radical (unpaired) electrons. The molecule has 39 heavy (non-hydrogen) atoms. The van der Waals surface area contributed by atoms with E-state index in [9.17, 15) is 24.2 Å². The Morgan fingerprint density at radius 2 is 2.03 bits per heavy atom. The van der Waals surface area contributed by atoms with Crippen molar-refractivity contribution in [1.82, 2.24) is 25.2 Å². The first-order valence-electron chi connectivity index (χ1n) is 12.3. The van der Waals surface area contributed by atoms with E-state index in [1.165, 1.54) is 58.7 Å². The van der Waals surface area contributed by atoms with Gasteiger partial charge in [0, 0.05) is 17.7 Å². The van der Waals surface area contributed by atoms with Crippen LogP contribution >= 0.6 is 11.3 Å². The van der Waals surface area contributed by atoms with Gasteiger partial charge < -0.3 is 29.9 Å². The van der Waals surface area contributed by atoms with E-state index in [1.807, 2.05) is 0 Å². The third-order valence-electron chi connectivity index (χ3n) is 7.01. The summed E-state index contributed by atoms with van der Waals surface area (Å²) < 4.78 is 25.7. The topological polar surface area (TPSA) is 142 Å². The predicted octanol–water partition coefficient (Wildman–Crippen LogP) is 1.35. The van der Waals surface area contributed by atoms with E-state index in [-0.39, 0.29) is 38.6 Å². The zero-order valence-corrected chi connectivity index (χ0v) is 22.4. The molecule has 208 valence electrons. The second-order valence-electron chi connectivity index (χ2n) is 9.62. The van der Waals surface area contributed by atoms with Crippen LogP contribution in [-0.4, -0.2) is 87.2 Å². The Labute approximate surface area is 227 Å². The lowest BCUT2D eigenvalue weighted by atomic mass is 9.95. The Bertz CT molecular complexity index is 1380. The first kappa shape index (κ1) is 27.0. The molecule has 1 unspecified atom stereocenters. The number of hydrogen-bond donors (Lipinski definition) is 3. The summed E-state index contributed by atoms with van der Waals surface area (Å²) in [5.74, 6) is -0.814. The molecule has 5 rings (SSSR count). The van der Waals surface area contributed by atoms with Gasteiger partial charge in [-0.1, -0.05) is 11.3 Å². The normalized spacial score (nSPS) is 21.7. The quantitative estimate of drug-likeness (QED) is 0.354. The van der Waals surface area contributed by atoms with Crippen LogP contribution in [0.2, 0.25) is 0 Å². The summed E-state index contributed by atoms with van der Waals surface area (Å²) in [7, 11) is 1.45. The van der Waals surface area contributed by atoms with Crippen molar-refractivity contribution in [3.63, 3.8) is 0 Å². The number of methoxy groups -OCH3 is 1. The van der Waals surface area contributed by atoms with E-state index in [2.05, 4.69) is 15.5 Å². The first-order chi connectivity index (χ1) is 18.7. The molecule has 3 N–H and O–H groups in total. The molecular weight excluding hydrogens is 531 g/mol. The average Bonchev–Trinajstić information content (AvgIpc) is 3.63. The summed E-state index contributed by atoms with van der Waals surface area (Å²) in [5.41, 5.74) is 0.301. The van der Waals surface area contributed by atoms with Crippen LogP contribution in [0.25, 0.3) is 5.00 Å². The van der Waals surface area contributed by atoms with Crippen LogP contribution in [-0.2, 0) is 9.53 Å². The highest BCUT2D eigenvalue weighted by Crippen LogP contribution is 2.46. The highest BCUT2D eigenvalue weighted by atomic mass is 32.1. The van der Waals surface area contributed by atoms with Crippen molar-refractivity contribution in [2.45, 2.75) is 38.3 Å². The molecule has 2 aromatic heterocycles. The number of halogens is 1. The van der Waals surface area contributed by atoms with Gasteiger partial charge in [0.1, 0.15) is 27.7 Å². The average molecular weight is 561 g/mol. The SMILES string of the molecule is COc1ccc(F)cc1[C@H](CN1c2sc(-n3nccn3)c(C)c2C(=O)N([C@]2(C)CNC(=O)C2)C1O)OCCO. The summed E-state index contributed by atoms with van der Waals surface area (Å²) in [6, 6.07) is 4.01. The minimum atomic E-state index is -1.49. The molecule has 1 saturated heterocycles. The number of aliphatic hydroxyl groups is 2. The number of aromatic nitrogens is 3. The number of nitrogens with one attached hydrogen (secondary N) is 1. The summed E-state index contributed by atoms with van der Waals surface area (Å²) in [6.45, 7) is 3.28. The van der Waals surface area contributed by atoms with Gasteiger partial charge in [-0.3, -0.25) is 14.5 Å². The fourth-order valence-corrected chi connectivity index (χ4v) is 6.37. The van der Waals surface area contributed by atoms with Gasteiger partial charge in [-0.2, -0.15) is 10.2 Å². The summed E-state index contributed by atoms with van der Waals surface area (Å²) in [5, 5.41) is 33.4. The van der Waals surface area contributed by atoms with Crippen molar-refractivity contribution in [2.24, 2.45) is 0 Å². The van der Waals surface area contributed by atoms with Crippen LogP contribution in [0.4, 0.5) is 9.39 Å². The minimum absolute atomic E-state index is 0.0118. The Hall–Kier alpha value is -3.59. The van der Waals surface area contributed by atoms with Crippen molar-refractivity contribution >= 4 is 28.2 Å². The second kappa shape index (κ2) is 10.5. The molecule has 12 nitrogen and oxygen atoms in total. The Morgan fingerprint density at radius 1 is 1.28 bits per heavy atom.